The summed E-state index contributed by atoms with van der Waals surface area (Å²) in [6.07, 6.45) is 3.64. The van der Waals surface area contributed by atoms with Gasteiger partial charge in [-0.3, -0.25) is 4.21 Å². The molecule has 1 N–H and O–H groups in total. The van der Waals surface area contributed by atoms with Crippen LogP contribution in [0.15, 0.2) is 103 Å². The zero-order valence-electron chi connectivity index (χ0n) is 18.8. The third-order valence-electron chi connectivity index (χ3n) is 6.29. The van der Waals surface area contributed by atoms with Crippen LogP contribution in [0.2, 0.25) is 0 Å². The fourth-order valence-corrected chi connectivity index (χ4v) is 5.68. The first-order valence-electron chi connectivity index (χ1n) is 11.4. The maximum Gasteiger partial charge on any atom is 0.0595 e. The summed E-state index contributed by atoms with van der Waals surface area (Å²) < 4.78 is 12.8. The van der Waals surface area contributed by atoms with Gasteiger partial charge in [-0.05, 0) is 60.9 Å². The Morgan fingerprint density at radius 3 is 2.03 bits per heavy atom. The van der Waals surface area contributed by atoms with Crippen molar-refractivity contribution in [1.82, 2.24) is 4.98 Å². The second kappa shape index (κ2) is 9.63. The van der Waals surface area contributed by atoms with Crippen molar-refractivity contribution in [3.8, 4) is 0 Å². The molecule has 33 heavy (non-hydrogen) atoms. The van der Waals surface area contributed by atoms with Crippen molar-refractivity contribution < 1.29 is 4.21 Å². The molecule has 4 heteroatoms. The molecule has 3 nitrogen and oxygen atoms in total. The summed E-state index contributed by atoms with van der Waals surface area (Å²) in [6, 6.07) is 35.8. The number of rotatable bonds is 8. The van der Waals surface area contributed by atoms with Gasteiger partial charge in [-0.1, -0.05) is 60.7 Å². The van der Waals surface area contributed by atoms with Crippen LogP contribution in [0.1, 0.15) is 23.7 Å². The minimum absolute atomic E-state index is 0.0106. The molecule has 0 aliphatic carbocycles. The van der Waals surface area contributed by atoms with E-state index < -0.39 is 10.8 Å². The lowest BCUT2D eigenvalue weighted by Gasteiger charge is -2.26. The highest BCUT2D eigenvalue weighted by Gasteiger charge is 2.18. The first kappa shape index (κ1) is 21.5. The van der Waals surface area contributed by atoms with E-state index in [1.807, 2.05) is 24.5 Å². The zero-order chi connectivity index (χ0) is 22.6. The van der Waals surface area contributed by atoms with Crippen LogP contribution in [-0.2, 0) is 10.8 Å². The first-order chi connectivity index (χ1) is 16.2. The van der Waals surface area contributed by atoms with E-state index in [4.69, 9.17) is 0 Å². The van der Waals surface area contributed by atoms with Gasteiger partial charge >= 0.3 is 0 Å². The third-order valence-corrected chi connectivity index (χ3v) is 7.60. The molecule has 2 unspecified atom stereocenters. The van der Waals surface area contributed by atoms with Crippen molar-refractivity contribution >= 4 is 44.0 Å². The van der Waals surface area contributed by atoms with Crippen molar-refractivity contribution in [2.24, 2.45) is 0 Å². The van der Waals surface area contributed by atoms with Crippen LogP contribution in [0.5, 0.6) is 0 Å². The van der Waals surface area contributed by atoms with Gasteiger partial charge in [0, 0.05) is 56.8 Å². The van der Waals surface area contributed by atoms with Gasteiger partial charge in [0.2, 0.25) is 0 Å². The van der Waals surface area contributed by atoms with Gasteiger partial charge in [-0.2, -0.15) is 0 Å². The quantitative estimate of drug-likeness (QED) is 0.267. The molecule has 0 amide bonds. The van der Waals surface area contributed by atoms with Crippen molar-refractivity contribution in [3.63, 3.8) is 0 Å². The number of hydrogen-bond acceptors (Lipinski definition) is 2. The molecule has 0 saturated carbocycles. The fourth-order valence-electron chi connectivity index (χ4n) is 4.65. The highest BCUT2D eigenvalue weighted by Crippen LogP contribution is 2.32. The SMILES string of the molecule is CS(=O)C(CCCN(c1ccccc1)c1ccccc1)c1ccc2[nH]c3ccccc3c2c1. The maximum absolute atomic E-state index is 12.8. The largest absolute Gasteiger partial charge is 0.355 e. The monoisotopic (exact) mass is 452 g/mol. The molecule has 4 aromatic carbocycles. The Kier molecular flexibility index (Phi) is 6.27. The molecule has 0 spiro atoms. The topological polar surface area (TPSA) is 36.1 Å². The van der Waals surface area contributed by atoms with Crippen molar-refractivity contribution in [1.29, 1.82) is 0 Å². The average molecular weight is 453 g/mol. The number of H-pyrrole nitrogens is 1. The van der Waals surface area contributed by atoms with Crippen LogP contribution < -0.4 is 4.90 Å². The van der Waals surface area contributed by atoms with E-state index in [0.717, 1.165) is 36.0 Å². The normalized spacial score (nSPS) is 13.2. The molecule has 0 saturated heterocycles. The lowest BCUT2D eigenvalue weighted by Crippen LogP contribution is -2.19. The number of aromatic amines is 1. The van der Waals surface area contributed by atoms with E-state index in [1.165, 1.54) is 22.1 Å². The number of benzene rings is 4. The van der Waals surface area contributed by atoms with Gasteiger partial charge in [-0.25, -0.2) is 0 Å². The second-order valence-corrected chi connectivity index (χ2v) is 9.99. The second-order valence-electron chi connectivity index (χ2n) is 8.43. The summed E-state index contributed by atoms with van der Waals surface area (Å²) in [6.45, 7) is 0.872. The smallest absolute Gasteiger partial charge is 0.0595 e. The number of nitrogens with one attached hydrogen (secondary N) is 1. The summed E-state index contributed by atoms with van der Waals surface area (Å²) in [5, 5.41) is 2.43. The van der Waals surface area contributed by atoms with Crippen molar-refractivity contribution in [2.45, 2.75) is 18.1 Å². The Balaban J connectivity index is 1.38. The average Bonchev–Trinajstić information content (AvgIpc) is 3.23. The number of fused-ring (bicyclic) bond motifs is 3. The molecule has 5 rings (SSSR count). The van der Waals surface area contributed by atoms with Gasteiger partial charge in [0.1, 0.15) is 0 Å². The summed E-state index contributed by atoms with van der Waals surface area (Å²) in [5.74, 6) is 0. The summed E-state index contributed by atoms with van der Waals surface area (Å²) in [7, 11) is -0.951. The third kappa shape index (κ3) is 4.57. The fraction of sp³-hybridized carbons (Fsp3) is 0.172. The predicted molar refractivity (Wildman–Crippen MR) is 142 cm³/mol. The van der Waals surface area contributed by atoms with Crippen LogP contribution in [-0.4, -0.2) is 22.0 Å². The Morgan fingerprint density at radius 2 is 1.36 bits per heavy atom. The Hall–Kier alpha value is -3.37. The van der Waals surface area contributed by atoms with E-state index in [2.05, 4.69) is 94.8 Å². The van der Waals surface area contributed by atoms with E-state index in [1.54, 1.807) is 0 Å². The van der Waals surface area contributed by atoms with E-state index in [-0.39, 0.29) is 5.25 Å². The molecule has 1 aromatic heterocycles. The molecule has 0 aliphatic rings. The predicted octanol–water partition coefficient (Wildman–Crippen LogP) is 7.36. The summed E-state index contributed by atoms with van der Waals surface area (Å²) in [4.78, 5) is 5.83. The molecule has 0 bridgehead atoms. The van der Waals surface area contributed by atoms with Crippen LogP contribution in [0.3, 0.4) is 0 Å². The number of aromatic nitrogens is 1. The highest BCUT2D eigenvalue weighted by molar-refractivity contribution is 7.84. The Labute approximate surface area is 197 Å². The molecule has 166 valence electrons. The van der Waals surface area contributed by atoms with E-state index in [0.29, 0.717) is 0 Å². The first-order valence-corrected chi connectivity index (χ1v) is 13.0. The van der Waals surface area contributed by atoms with Crippen molar-refractivity contribution in [2.75, 3.05) is 17.7 Å². The van der Waals surface area contributed by atoms with E-state index in [9.17, 15) is 4.21 Å². The van der Waals surface area contributed by atoms with Gasteiger partial charge in [-0.15, -0.1) is 0 Å². The molecular weight excluding hydrogens is 424 g/mol. The van der Waals surface area contributed by atoms with Gasteiger partial charge in [0.05, 0.1) is 5.25 Å². The highest BCUT2D eigenvalue weighted by atomic mass is 32.2. The van der Waals surface area contributed by atoms with Crippen LogP contribution in [0.25, 0.3) is 21.8 Å². The standard InChI is InChI=1S/C29H28N2OS/c1-33(32)29(22-18-19-28-26(21-22)25-15-8-9-16-27(25)30-28)17-10-20-31(23-11-4-2-5-12-23)24-13-6-3-7-14-24/h2-9,11-16,18-19,21,29-30H,10,17,20H2,1H3. The summed E-state index contributed by atoms with van der Waals surface area (Å²) >= 11 is 0. The lowest BCUT2D eigenvalue weighted by molar-refractivity contribution is 0.656. The molecule has 0 fully saturated rings. The van der Waals surface area contributed by atoms with Crippen LogP contribution >= 0.6 is 0 Å². The minimum Gasteiger partial charge on any atom is -0.355 e. The molecule has 0 radical (unpaired) electrons. The van der Waals surface area contributed by atoms with Crippen LogP contribution in [0.4, 0.5) is 11.4 Å². The Bertz CT molecular complexity index is 1340. The van der Waals surface area contributed by atoms with Gasteiger partial charge < -0.3 is 9.88 Å². The molecule has 1 heterocycles. The number of para-hydroxylation sites is 3. The lowest BCUT2D eigenvalue weighted by atomic mass is 10.0. The molecular formula is C29H28N2OS. The number of hydrogen-bond donors (Lipinski definition) is 1. The number of nitrogens with zero attached hydrogens (tertiary/aromatic N) is 1. The van der Waals surface area contributed by atoms with Crippen molar-refractivity contribution in [3.05, 3.63) is 109 Å². The van der Waals surface area contributed by atoms with Gasteiger partial charge in [0.25, 0.3) is 0 Å². The summed E-state index contributed by atoms with van der Waals surface area (Å²) in [5.41, 5.74) is 5.77. The Morgan fingerprint density at radius 1 is 0.758 bits per heavy atom. The zero-order valence-corrected chi connectivity index (χ0v) is 19.6. The molecule has 5 aromatic rings. The van der Waals surface area contributed by atoms with E-state index >= 15 is 0 Å². The molecule has 0 aliphatic heterocycles. The van der Waals surface area contributed by atoms with Gasteiger partial charge in [0.15, 0.2) is 0 Å². The molecule has 2 atom stereocenters. The maximum atomic E-state index is 12.8. The van der Waals surface area contributed by atoms with Crippen LogP contribution in [0, 0.1) is 0 Å². The number of anilines is 2. The minimum atomic E-state index is -0.951.